The van der Waals surface area contributed by atoms with Gasteiger partial charge in [0.25, 0.3) is 0 Å². The molecular formula is C14H24N4O2. The Balaban J connectivity index is 1.76. The zero-order valence-corrected chi connectivity index (χ0v) is 12.6. The second kappa shape index (κ2) is 6.74. The maximum atomic E-state index is 12.0. The summed E-state index contributed by atoms with van der Waals surface area (Å²) in [7, 11) is 0. The highest BCUT2D eigenvalue weighted by Crippen LogP contribution is 2.10. The molecule has 6 nitrogen and oxygen atoms in total. The molecule has 0 bridgehead atoms. The molecule has 2 rings (SSSR count). The standard InChI is InChI=1S/C14H24N4O2/c1-4-11(2)15-14(19)18-7-5-17(6-8-18)10-13-9-12(3)16-20-13/h9,11H,4-8,10H2,1-3H3,(H,15,19). The van der Waals surface area contributed by atoms with Crippen LogP contribution in [0, 0.1) is 6.92 Å². The Bertz CT molecular complexity index is 438. The van der Waals surface area contributed by atoms with Crippen molar-refractivity contribution >= 4 is 6.03 Å². The molecule has 6 heteroatoms. The molecule has 1 atom stereocenters. The van der Waals surface area contributed by atoms with Crippen molar-refractivity contribution in [3.63, 3.8) is 0 Å². The van der Waals surface area contributed by atoms with Gasteiger partial charge in [-0.15, -0.1) is 0 Å². The summed E-state index contributed by atoms with van der Waals surface area (Å²) in [6, 6.07) is 2.24. The van der Waals surface area contributed by atoms with E-state index in [-0.39, 0.29) is 12.1 Å². The summed E-state index contributed by atoms with van der Waals surface area (Å²) >= 11 is 0. The molecule has 0 spiro atoms. The van der Waals surface area contributed by atoms with E-state index in [9.17, 15) is 4.79 Å². The number of amides is 2. The molecule has 1 N–H and O–H groups in total. The van der Waals surface area contributed by atoms with Gasteiger partial charge in [0.2, 0.25) is 0 Å². The van der Waals surface area contributed by atoms with Gasteiger partial charge < -0.3 is 14.7 Å². The summed E-state index contributed by atoms with van der Waals surface area (Å²) in [4.78, 5) is 16.2. The first-order valence-corrected chi connectivity index (χ1v) is 7.28. The minimum atomic E-state index is 0.0505. The van der Waals surface area contributed by atoms with Gasteiger partial charge in [0.15, 0.2) is 5.76 Å². The van der Waals surface area contributed by atoms with Crippen LogP contribution in [0.3, 0.4) is 0 Å². The molecule has 2 amide bonds. The first-order chi connectivity index (χ1) is 9.58. The fraction of sp³-hybridized carbons (Fsp3) is 0.714. The van der Waals surface area contributed by atoms with Crippen LogP contribution < -0.4 is 5.32 Å². The van der Waals surface area contributed by atoms with Crippen LogP contribution in [0.4, 0.5) is 4.79 Å². The zero-order chi connectivity index (χ0) is 14.5. The van der Waals surface area contributed by atoms with E-state index in [1.807, 2.05) is 24.8 Å². The van der Waals surface area contributed by atoms with E-state index < -0.39 is 0 Å². The number of aryl methyl sites for hydroxylation is 1. The summed E-state index contributed by atoms with van der Waals surface area (Å²) in [5, 5.41) is 6.90. The lowest BCUT2D eigenvalue weighted by molar-refractivity contribution is 0.126. The Labute approximate surface area is 120 Å². The van der Waals surface area contributed by atoms with Gasteiger partial charge in [0.1, 0.15) is 0 Å². The number of nitrogens with one attached hydrogen (secondary N) is 1. The highest BCUT2D eigenvalue weighted by molar-refractivity contribution is 5.74. The Morgan fingerprint density at radius 2 is 2.15 bits per heavy atom. The quantitative estimate of drug-likeness (QED) is 0.910. The van der Waals surface area contributed by atoms with Crippen LogP contribution in [-0.2, 0) is 6.54 Å². The molecule has 1 aromatic rings. The van der Waals surface area contributed by atoms with Crippen LogP contribution in [0.15, 0.2) is 10.6 Å². The monoisotopic (exact) mass is 280 g/mol. The number of urea groups is 1. The average Bonchev–Trinajstić information content (AvgIpc) is 2.84. The molecule has 1 aliphatic heterocycles. The van der Waals surface area contributed by atoms with Crippen LogP contribution in [0.2, 0.25) is 0 Å². The lowest BCUT2D eigenvalue weighted by Crippen LogP contribution is -2.52. The third-order valence-corrected chi connectivity index (χ3v) is 3.70. The third-order valence-electron chi connectivity index (χ3n) is 3.70. The molecule has 1 unspecified atom stereocenters. The smallest absolute Gasteiger partial charge is 0.317 e. The number of hydrogen-bond acceptors (Lipinski definition) is 4. The molecule has 1 saturated heterocycles. The molecule has 0 aromatic carbocycles. The van der Waals surface area contributed by atoms with E-state index in [1.54, 1.807) is 0 Å². The fourth-order valence-corrected chi connectivity index (χ4v) is 2.22. The molecule has 1 aliphatic rings. The summed E-state index contributed by atoms with van der Waals surface area (Å²) in [5.74, 6) is 0.889. The van der Waals surface area contributed by atoms with Gasteiger partial charge in [-0.05, 0) is 20.3 Å². The Morgan fingerprint density at radius 1 is 1.45 bits per heavy atom. The van der Waals surface area contributed by atoms with Crippen molar-refractivity contribution in [2.45, 2.75) is 39.8 Å². The van der Waals surface area contributed by atoms with Crippen molar-refractivity contribution in [1.82, 2.24) is 20.3 Å². The molecule has 0 saturated carbocycles. The summed E-state index contributed by atoms with van der Waals surface area (Å²) in [6.07, 6.45) is 0.955. The minimum Gasteiger partial charge on any atom is -0.360 e. The predicted octanol–water partition coefficient (Wildman–Crippen LogP) is 1.61. The van der Waals surface area contributed by atoms with E-state index in [2.05, 4.69) is 22.3 Å². The van der Waals surface area contributed by atoms with E-state index in [4.69, 9.17) is 4.52 Å². The van der Waals surface area contributed by atoms with Gasteiger partial charge >= 0.3 is 6.03 Å². The van der Waals surface area contributed by atoms with Crippen molar-refractivity contribution in [2.75, 3.05) is 26.2 Å². The van der Waals surface area contributed by atoms with E-state index >= 15 is 0 Å². The second-order valence-electron chi connectivity index (χ2n) is 5.46. The number of piperazine rings is 1. The maximum absolute atomic E-state index is 12.0. The van der Waals surface area contributed by atoms with Gasteiger partial charge in [0, 0.05) is 38.3 Å². The largest absolute Gasteiger partial charge is 0.360 e. The van der Waals surface area contributed by atoms with Crippen molar-refractivity contribution < 1.29 is 9.32 Å². The first kappa shape index (κ1) is 14.8. The SMILES string of the molecule is CCC(C)NC(=O)N1CCN(Cc2cc(C)no2)CC1. The molecule has 1 aromatic heterocycles. The first-order valence-electron chi connectivity index (χ1n) is 7.28. The number of nitrogens with zero attached hydrogens (tertiary/aromatic N) is 3. The lowest BCUT2D eigenvalue weighted by Gasteiger charge is -2.34. The summed E-state index contributed by atoms with van der Waals surface area (Å²) in [6.45, 7) is 10.0. The lowest BCUT2D eigenvalue weighted by atomic mass is 10.2. The topological polar surface area (TPSA) is 61.6 Å². The molecule has 1 fully saturated rings. The summed E-state index contributed by atoms with van der Waals surface area (Å²) in [5.41, 5.74) is 0.909. The van der Waals surface area contributed by atoms with Crippen LogP contribution in [0.25, 0.3) is 0 Å². The van der Waals surface area contributed by atoms with Gasteiger partial charge in [-0.3, -0.25) is 4.90 Å². The van der Waals surface area contributed by atoms with Crippen molar-refractivity contribution in [2.24, 2.45) is 0 Å². The zero-order valence-electron chi connectivity index (χ0n) is 12.6. The number of carbonyl (C=O) groups excluding carboxylic acids is 1. The second-order valence-corrected chi connectivity index (χ2v) is 5.46. The average molecular weight is 280 g/mol. The minimum absolute atomic E-state index is 0.0505. The van der Waals surface area contributed by atoms with Crippen molar-refractivity contribution in [3.8, 4) is 0 Å². The van der Waals surface area contributed by atoms with Gasteiger partial charge in [0.05, 0.1) is 12.2 Å². The van der Waals surface area contributed by atoms with E-state index in [1.165, 1.54) is 0 Å². The molecule has 112 valence electrons. The van der Waals surface area contributed by atoms with Crippen LogP contribution in [-0.4, -0.2) is 53.2 Å². The Kier molecular flexibility index (Phi) is 5.00. The maximum Gasteiger partial charge on any atom is 0.317 e. The Hall–Kier alpha value is -1.56. The molecule has 0 aliphatic carbocycles. The number of aromatic nitrogens is 1. The molecule has 2 heterocycles. The number of hydrogen-bond donors (Lipinski definition) is 1. The summed E-state index contributed by atoms with van der Waals surface area (Å²) < 4.78 is 5.22. The predicted molar refractivity (Wildman–Crippen MR) is 76.4 cm³/mol. The third kappa shape index (κ3) is 3.96. The van der Waals surface area contributed by atoms with Gasteiger partial charge in [-0.2, -0.15) is 0 Å². The molecule has 20 heavy (non-hydrogen) atoms. The van der Waals surface area contributed by atoms with Crippen molar-refractivity contribution in [1.29, 1.82) is 0 Å². The van der Waals surface area contributed by atoms with Crippen LogP contribution >= 0.6 is 0 Å². The molecule has 0 radical (unpaired) electrons. The highest BCUT2D eigenvalue weighted by Gasteiger charge is 2.22. The normalized spacial score (nSPS) is 18.1. The van der Waals surface area contributed by atoms with Gasteiger partial charge in [-0.1, -0.05) is 12.1 Å². The molecular weight excluding hydrogens is 256 g/mol. The van der Waals surface area contributed by atoms with Crippen LogP contribution in [0.1, 0.15) is 31.7 Å². The van der Waals surface area contributed by atoms with E-state index in [0.717, 1.165) is 50.6 Å². The van der Waals surface area contributed by atoms with E-state index in [0.29, 0.717) is 0 Å². The van der Waals surface area contributed by atoms with Gasteiger partial charge in [-0.25, -0.2) is 4.79 Å². The number of carbonyl (C=O) groups is 1. The van der Waals surface area contributed by atoms with Crippen molar-refractivity contribution in [3.05, 3.63) is 17.5 Å². The fourth-order valence-electron chi connectivity index (χ4n) is 2.22. The Morgan fingerprint density at radius 3 is 2.70 bits per heavy atom. The number of rotatable bonds is 4. The van der Waals surface area contributed by atoms with Crippen LogP contribution in [0.5, 0.6) is 0 Å². The highest BCUT2D eigenvalue weighted by atomic mass is 16.5.